The van der Waals surface area contributed by atoms with Gasteiger partial charge < -0.3 is 0 Å². The molecule has 0 spiro atoms. The Hall–Kier alpha value is -1.43. The maximum atomic E-state index is 13.2. The molecule has 2 rings (SSSR count). The van der Waals surface area contributed by atoms with E-state index in [4.69, 9.17) is 0 Å². The van der Waals surface area contributed by atoms with Crippen LogP contribution in [-0.2, 0) is 19.0 Å². The number of anilines is 1. The van der Waals surface area contributed by atoms with Crippen LogP contribution < -0.4 is 10.8 Å². The molecule has 0 aromatic heterocycles. The minimum atomic E-state index is -4.57. The van der Waals surface area contributed by atoms with Gasteiger partial charge in [0.05, 0.1) is 0 Å². The van der Waals surface area contributed by atoms with Gasteiger partial charge in [-0.3, -0.25) is 0 Å². The van der Waals surface area contributed by atoms with Crippen molar-refractivity contribution in [3.8, 4) is 0 Å². The minimum Gasteiger partial charge on any atom is -0.204 e. The smallest absolute Gasteiger partial charge is 0.204 e. The molecule has 11 heteroatoms. The van der Waals surface area contributed by atoms with E-state index < -0.39 is 39.4 Å². The van der Waals surface area contributed by atoms with Gasteiger partial charge in [-0.15, -0.1) is 13.7 Å². The van der Waals surface area contributed by atoms with Crippen LogP contribution in [0.1, 0.15) is 0 Å². The molecule has 0 unspecified atom stereocenters. The quantitative estimate of drug-likeness (QED) is 0.600. The first-order valence-corrected chi connectivity index (χ1v) is 5.17. The third-order valence-electron chi connectivity index (χ3n) is 1.68. The Balaban J connectivity index is 2.53. The Labute approximate surface area is 91.5 Å². The van der Waals surface area contributed by atoms with Crippen LogP contribution in [-0.4, -0.2) is 8.42 Å². The van der Waals surface area contributed by atoms with Crippen molar-refractivity contribution in [3.05, 3.63) is 29.3 Å². The number of nitrogens with one attached hydrogen (secondary N) is 1. The molecule has 1 saturated heterocycles. The number of hydrogen-bond acceptors (Lipinski definition) is 6. The second-order valence-electron chi connectivity index (χ2n) is 2.77. The van der Waals surface area contributed by atoms with Crippen LogP contribution in [0.5, 0.6) is 0 Å². The van der Waals surface area contributed by atoms with Gasteiger partial charge in [0, 0.05) is 6.07 Å². The Kier molecular flexibility index (Phi) is 2.69. The molecular formula is C6H2F4N2O4S. The van der Waals surface area contributed by atoms with Crippen molar-refractivity contribution in [2.75, 3.05) is 5.17 Å². The lowest BCUT2D eigenvalue weighted by Crippen LogP contribution is -2.30. The van der Waals surface area contributed by atoms with Crippen LogP contribution in [0.3, 0.4) is 0 Å². The monoisotopic (exact) mass is 274 g/mol. The maximum absolute atomic E-state index is 13.2. The fourth-order valence-corrected chi connectivity index (χ4v) is 1.50. The molecule has 1 fully saturated rings. The van der Waals surface area contributed by atoms with Gasteiger partial charge >= 0.3 is 10.4 Å². The molecular weight excluding hydrogens is 272 g/mol. The summed E-state index contributed by atoms with van der Waals surface area (Å²) >= 11 is 0. The number of nitrogens with zero attached hydrogens (tertiary/aromatic N) is 1. The van der Waals surface area contributed by atoms with Crippen molar-refractivity contribution in [1.29, 1.82) is 0 Å². The highest BCUT2D eigenvalue weighted by Gasteiger charge is 2.35. The summed E-state index contributed by atoms with van der Waals surface area (Å²) in [7, 11) is -4.57. The second kappa shape index (κ2) is 3.80. The molecule has 1 N–H and O–H groups in total. The predicted molar refractivity (Wildman–Crippen MR) is 43.0 cm³/mol. The van der Waals surface area contributed by atoms with Crippen molar-refractivity contribution >= 4 is 16.1 Å². The van der Waals surface area contributed by atoms with Gasteiger partial charge in [0.25, 0.3) is 0 Å². The zero-order valence-electron chi connectivity index (χ0n) is 7.58. The van der Waals surface area contributed by atoms with Gasteiger partial charge in [0.15, 0.2) is 29.0 Å². The molecule has 0 radical (unpaired) electrons. The van der Waals surface area contributed by atoms with Crippen molar-refractivity contribution in [3.63, 3.8) is 0 Å². The van der Waals surface area contributed by atoms with E-state index in [1.807, 2.05) is 0 Å². The van der Waals surface area contributed by atoms with Crippen molar-refractivity contribution < 1.29 is 34.5 Å². The predicted octanol–water partition coefficient (Wildman–Crippen LogP) is 0.676. The summed E-state index contributed by atoms with van der Waals surface area (Å²) in [6, 6.07) is -0.0421. The molecule has 1 aliphatic rings. The van der Waals surface area contributed by atoms with Gasteiger partial charge in [-0.25, -0.2) is 17.6 Å². The Morgan fingerprint density at radius 1 is 1.12 bits per heavy atom. The molecule has 1 heterocycles. The standard InChI is InChI=1S/C6H2F4N2O4S/c7-2-1-3(8)5(10)6(4(2)9)12-11-15-17(13,14)16-12/h1,11H. The average Bonchev–Trinajstić information content (AvgIpc) is 2.56. The zero-order valence-corrected chi connectivity index (χ0v) is 8.39. The summed E-state index contributed by atoms with van der Waals surface area (Å²) in [5.41, 5.74) is -0.0182. The van der Waals surface area contributed by atoms with Crippen LogP contribution in [0.4, 0.5) is 23.2 Å². The normalized spacial score (nSPS) is 18.7. The second-order valence-corrected chi connectivity index (χ2v) is 3.90. The first kappa shape index (κ1) is 12.0. The lowest BCUT2D eigenvalue weighted by molar-refractivity contribution is 0.192. The lowest BCUT2D eigenvalue weighted by atomic mass is 10.2. The summed E-state index contributed by atoms with van der Waals surface area (Å²) in [4.78, 5) is 0. The molecule has 1 aromatic carbocycles. The van der Waals surface area contributed by atoms with E-state index in [-0.39, 0.29) is 11.2 Å². The number of benzene rings is 1. The topological polar surface area (TPSA) is 67.9 Å². The summed E-state index contributed by atoms with van der Waals surface area (Å²) < 4.78 is 80.7. The van der Waals surface area contributed by atoms with Gasteiger partial charge in [0.1, 0.15) is 0 Å². The number of rotatable bonds is 1. The molecule has 94 valence electrons. The van der Waals surface area contributed by atoms with Gasteiger partial charge in [-0.05, 0) is 0 Å². The van der Waals surface area contributed by atoms with E-state index in [0.29, 0.717) is 0 Å². The third kappa shape index (κ3) is 2.04. The van der Waals surface area contributed by atoms with E-state index in [9.17, 15) is 26.0 Å². The van der Waals surface area contributed by atoms with E-state index in [2.05, 4.69) is 8.57 Å². The highest BCUT2D eigenvalue weighted by atomic mass is 32.3. The molecule has 1 aliphatic heterocycles. The summed E-state index contributed by atoms with van der Waals surface area (Å²) in [5, 5.41) is -0.202. The zero-order chi connectivity index (χ0) is 12.8. The average molecular weight is 274 g/mol. The van der Waals surface area contributed by atoms with Crippen LogP contribution in [0.15, 0.2) is 6.07 Å². The number of hydrogen-bond donors (Lipinski definition) is 1. The molecule has 17 heavy (non-hydrogen) atoms. The highest BCUT2D eigenvalue weighted by Crippen LogP contribution is 2.29. The van der Waals surface area contributed by atoms with E-state index in [1.165, 1.54) is 5.59 Å². The maximum Gasteiger partial charge on any atom is 0.440 e. The van der Waals surface area contributed by atoms with E-state index >= 15 is 0 Å². The first-order chi connectivity index (χ1) is 7.82. The molecule has 0 amide bonds. The fourth-order valence-electron chi connectivity index (χ4n) is 1.02. The molecule has 0 atom stereocenters. The van der Waals surface area contributed by atoms with Crippen molar-refractivity contribution in [2.45, 2.75) is 0 Å². The summed E-state index contributed by atoms with van der Waals surface area (Å²) in [6.07, 6.45) is 0. The molecule has 0 saturated carbocycles. The van der Waals surface area contributed by atoms with E-state index in [1.54, 1.807) is 0 Å². The van der Waals surface area contributed by atoms with Gasteiger partial charge in [-0.1, -0.05) is 5.59 Å². The number of hydrazine groups is 1. The van der Waals surface area contributed by atoms with Crippen LogP contribution in [0.2, 0.25) is 0 Å². The van der Waals surface area contributed by atoms with Crippen LogP contribution in [0, 0.1) is 23.3 Å². The molecule has 1 aromatic rings. The fraction of sp³-hybridized carbons (Fsp3) is 0. The first-order valence-electron chi connectivity index (χ1n) is 3.83. The van der Waals surface area contributed by atoms with Crippen molar-refractivity contribution in [1.82, 2.24) is 5.59 Å². The summed E-state index contributed by atoms with van der Waals surface area (Å²) in [6.45, 7) is 0. The third-order valence-corrected chi connectivity index (χ3v) is 2.29. The summed E-state index contributed by atoms with van der Waals surface area (Å²) in [5.74, 6) is -7.16. The van der Waals surface area contributed by atoms with Crippen molar-refractivity contribution in [2.24, 2.45) is 0 Å². The SMILES string of the molecule is O=S1(=O)ONN(c2c(F)c(F)cc(F)c2F)O1. The van der Waals surface area contributed by atoms with E-state index in [0.717, 1.165) is 0 Å². The molecule has 6 nitrogen and oxygen atoms in total. The Bertz CT molecular complexity index is 552. The van der Waals surface area contributed by atoms with Crippen LogP contribution in [0.25, 0.3) is 0 Å². The van der Waals surface area contributed by atoms with Gasteiger partial charge in [0.2, 0.25) is 0 Å². The largest absolute Gasteiger partial charge is 0.440 e. The molecule has 0 aliphatic carbocycles. The minimum absolute atomic E-state index is 0.0421. The van der Waals surface area contributed by atoms with Gasteiger partial charge in [-0.2, -0.15) is 8.42 Å². The lowest BCUT2D eigenvalue weighted by Gasteiger charge is -2.13. The highest BCUT2D eigenvalue weighted by molar-refractivity contribution is 7.82. The Morgan fingerprint density at radius 3 is 2.06 bits per heavy atom. The number of halogens is 4. The van der Waals surface area contributed by atoms with Crippen LogP contribution >= 0.6 is 0 Å². The Morgan fingerprint density at radius 2 is 1.65 bits per heavy atom. The molecule has 0 bridgehead atoms.